The van der Waals surface area contributed by atoms with Gasteiger partial charge in [0.2, 0.25) is 0 Å². The molecule has 5 heteroatoms. The molecule has 0 radical (unpaired) electrons. The maximum Gasteiger partial charge on any atom is 0.341 e. The van der Waals surface area contributed by atoms with Gasteiger partial charge in [0, 0.05) is 16.9 Å². The van der Waals surface area contributed by atoms with Crippen LogP contribution in [0, 0.1) is 6.92 Å². The van der Waals surface area contributed by atoms with Crippen molar-refractivity contribution in [2.24, 2.45) is 0 Å². The molecule has 2 rings (SSSR count). The highest BCUT2D eigenvalue weighted by molar-refractivity contribution is 6.30. The Labute approximate surface area is 122 Å². The Bertz CT molecular complexity index is 629. The van der Waals surface area contributed by atoms with E-state index < -0.39 is 5.97 Å². The second kappa shape index (κ2) is 6.39. The number of pyridine rings is 1. The van der Waals surface area contributed by atoms with Gasteiger partial charge in [-0.25, -0.2) is 9.78 Å². The lowest BCUT2D eigenvalue weighted by atomic mass is 10.2. The predicted octanol–water partition coefficient (Wildman–Crippen LogP) is 3.96. The van der Waals surface area contributed by atoms with Crippen LogP contribution in [0.15, 0.2) is 36.5 Å². The van der Waals surface area contributed by atoms with E-state index >= 15 is 0 Å². The van der Waals surface area contributed by atoms with Gasteiger partial charge in [0.25, 0.3) is 0 Å². The summed E-state index contributed by atoms with van der Waals surface area (Å²) in [6, 6.07) is 8.88. The number of nitrogens with one attached hydrogen (secondary N) is 1. The van der Waals surface area contributed by atoms with Gasteiger partial charge in [-0.1, -0.05) is 17.7 Å². The van der Waals surface area contributed by atoms with Crippen LogP contribution < -0.4 is 5.32 Å². The number of rotatable bonds is 4. The Morgan fingerprint density at radius 3 is 2.95 bits per heavy atom. The molecule has 104 valence electrons. The molecule has 0 aliphatic rings. The van der Waals surface area contributed by atoms with Crippen molar-refractivity contribution in [3.8, 4) is 0 Å². The maximum absolute atomic E-state index is 11.9. The monoisotopic (exact) mass is 290 g/mol. The van der Waals surface area contributed by atoms with Crippen molar-refractivity contribution in [1.29, 1.82) is 0 Å². The molecule has 2 aromatic rings. The van der Waals surface area contributed by atoms with Crippen molar-refractivity contribution in [1.82, 2.24) is 4.98 Å². The molecule has 1 aromatic carbocycles. The minimum Gasteiger partial charge on any atom is -0.462 e. The largest absolute Gasteiger partial charge is 0.462 e. The van der Waals surface area contributed by atoms with Crippen molar-refractivity contribution in [3.63, 3.8) is 0 Å². The van der Waals surface area contributed by atoms with E-state index in [0.717, 1.165) is 11.3 Å². The number of benzene rings is 1. The fraction of sp³-hybridized carbons (Fsp3) is 0.200. The summed E-state index contributed by atoms with van der Waals surface area (Å²) in [7, 11) is 0. The van der Waals surface area contributed by atoms with Gasteiger partial charge in [0.15, 0.2) is 0 Å². The van der Waals surface area contributed by atoms with Crippen LogP contribution in [0.25, 0.3) is 0 Å². The van der Waals surface area contributed by atoms with Crippen LogP contribution in [0.3, 0.4) is 0 Å². The van der Waals surface area contributed by atoms with Gasteiger partial charge in [0.05, 0.1) is 6.61 Å². The molecule has 0 unspecified atom stereocenters. The molecule has 0 fully saturated rings. The third-order valence-electron chi connectivity index (χ3n) is 2.76. The van der Waals surface area contributed by atoms with E-state index in [9.17, 15) is 4.79 Å². The Hall–Kier alpha value is -2.07. The Kier molecular flexibility index (Phi) is 4.58. The summed E-state index contributed by atoms with van der Waals surface area (Å²) in [5, 5.41) is 3.74. The fourth-order valence-electron chi connectivity index (χ4n) is 1.73. The number of aromatic nitrogens is 1. The molecule has 0 saturated carbocycles. The number of halogens is 1. The molecule has 1 aromatic heterocycles. The number of anilines is 2. The van der Waals surface area contributed by atoms with Crippen LogP contribution in [-0.2, 0) is 4.74 Å². The summed E-state index contributed by atoms with van der Waals surface area (Å²) in [5.41, 5.74) is 2.21. The SMILES string of the molecule is CCOC(=O)c1cccnc1Nc1cc(Cl)ccc1C. The summed E-state index contributed by atoms with van der Waals surface area (Å²) < 4.78 is 5.02. The molecule has 0 atom stereocenters. The third-order valence-corrected chi connectivity index (χ3v) is 2.99. The van der Waals surface area contributed by atoms with E-state index in [-0.39, 0.29) is 0 Å². The van der Waals surface area contributed by atoms with Gasteiger partial charge in [-0.05, 0) is 43.7 Å². The molecule has 0 amide bonds. The van der Waals surface area contributed by atoms with Crippen LogP contribution in [0.4, 0.5) is 11.5 Å². The molecule has 0 aliphatic heterocycles. The predicted molar refractivity (Wildman–Crippen MR) is 79.7 cm³/mol. The Morgan fingerprint density at radius 1 is 1.40 bits per heavy atom. The first kappa shape index (κ1) is 14.3. The molecular weight excluding hydrogens is 276 g/mol. The molecular formula is C15H15ClN2O2. The van der Waals surface area contributed by atoms with E-state index in [1.165, 1.54) is 0 Å². The lowest BCUT2D eigenvalue weighted by molar-refractivity contribution is 0.0527. The second-order valence-corrected chi connectivity index (χ2v) is 4.64. The van der Waals surface area contributed by atoms with Gasteiger partial charge in [-0.15, -0.1) is 0 Å². The lowest BCUT2D eigenvalue weighted by Gasteiger charge is -2.12. The third kappa shape index (κ3) is 3.27. The Morgan fingerprint density at radius 2 is 2.20 bits per heavy atom. The molecule has 1 heterocycles. The average Bonchev–Trinajstić information content (AvgIpc) is 2.44. The zero-order valence-electron chi connectivity index (χ0n) is 11.3. The highest BCUT2D eigenvalue weighted by atomic mass is 35.5. The van der Waals surface area contributed by atoms with Crippen molar-refractivity contribution in [2.75, 3.05) is 11.9 Å². The highest BCUT2D eigenvalue weighted by Gasteiger charge is 2.14. The Balaban J connectivity index is 2.34. The van der Waals surface area contributed by atoms with Crippen LogP contribution in [-0.4, -0.2) is 17.6 Å². The minimum absolute atomic E-state index is 0.323. The van der Waals surface area contributed by atoms with E-state index in [4.69, 9.17) is 16.3 Å². The molecule has 1 N–H and O–H groups in total. The molecule has 4 nitrogen and oxygen atoms in total. The van der Waals surface area contributed by atoms with Crippen molar-refractivity contribution in [2.45, 2.75) is 13.8 Å². The number of carbonyl (C=O) groups is 1. The lowest BCUT2D eigenvalue weighted by Crippen LogP contribution is -2.09. The molecule has 20 heavy (non-hydrogen) atoms. The maximum atomic E-state index is 11.9. The number of carbonyl (C=O) groups excluding carboxylic acids is 1. The number of esters is 1. The summed E-state index contributed by atoms with van der Waals surface area (Å²) in [5.74, 6) is 0.0547. The van der Waals surface area contributed by atoms with Gasteiger partial charge in [-0.2, -0.15) is 0 Å². The topological polar surface area (TPSA) is 51.2 Å². The van der Waals surface area contributed by atoms with Crippen LogP contribution in [0.1, 0.15) is 22.8 Å². The number of ether oxygens (including phenoxy) is 1. The average molecular weight is 291 g/mol. The van der Waals surface area contributed by atoms with Crippen LogP contribution in [0.2, 0.25) is 5.02 Å². The van der Waals surface area contributed by atoms with Gasteiger partial charge < -0.3 is 10.1 Å². The van der Waals surface area contributed by atoms with Crippen LogP contribution in [0.5, 0.6) is 0 Å². The molecule has 0 spiro atoms. The molecule has 0 aliphatic carbocycles. The van der Waals surface area contributed by atoms with Gasteiger partial charge in [0.1, 0.15) is 11.4 Å². The van der Waals surface area contributed by atoms with E-state index in [0.29, 0.717) is 23.0 Å². The van der Waals surface area contributed by atoms with Crippen molar-refractivity contribution >= 4 is 29.1 Å². The van der Waals surface area contributed by atoms with Crippen molar-refractivity contribution in [3.05, 3.63) is 52.7 Å². The highest BCUT2D eigenvalue weighted by Crippen LogP contribution is 2.25. The first-order chi connectivity index (χ1) is 9.61. The summed E-state index contributed by atoms with van der Waals surface area (Å²) in [4.78, 5) is 16.1. The fourth-order valence-corrected chi connectivity index (χ4v) is 1.91. The smallest absolute Gasteiger partial charge is 0.341 e. The summed E-state index contributed by atoms with van der Waals surface area (Å²) in [6.45, 7) is 4.04. The number of nitrogens with zero attached hydrogens (tertiary/aromatic N) is 1. The van der Waals surface area contributed by atoms with Gasteiger partial charge in [-0.3, -0.25) is 0 Å². The van der Waals surface area contributed by atoms with E-state index in [1.807, 2.05) is 19.1 Å². The van der Waals surface area contributed by atoms with Crippen LogP contribution >= 0.6 is 11.6 Å². The molecule has 0 saturated heterocycles. The normalized spacial score (nSPS) is 10.2. The molecule has 0 bridgehead atoms. The second-order valence-electron chi connectivity index (χ2n) is 4.20. The van der Waals surface area contributed by atoms with Crippen molar-refractivity contribution < 1.29 is 9.53 Å². The van der Waals surface area contributed by atoms with Gasteiger partial charge >= 0.3 is 5.97 Å². The standard InChI is InChI=1S/C15H15ClN2O2/c1-3-20-15(19)12-5-4-8-17-14(12)18-13-9-11(16)7-6-10(13)2/h4-9H,3H2,1-2H3,(H,17,18). The summed E-state index contributed by atoms with van der Waals surface area (Å²) in [6.07, 6.45) is 1.62. The zero-order valence-corrected chi connectivity index (χ0v) is 12.1. The minimum atomic E-state index is -0.400. The number of hydrogen-bond donors (Lipinski definition) is 1. The van der Waals surface area contributed by atoms with E-state index in [1.54, 1.807) is 31.3 Å². The number of hydrogen-bond acceptors (Lipinski definition) is 4. The first-order valence-corrected chi connectivity index (χ1v) is 6.65. The summed E-state index contributed by atoms with van der Waals surface area (Å²) >= 11 is 5.98. The quantitative estimate of drug-likeness (QED) is 0.866. The first-order valence-electron chi connectivity index (χ1n) is 6.27. The number of aryl methyl sites for hydroxylation is 1. The zero-order chi connectivity index (χ0) is 14.5. The van der Waals surface area contributed by atoms with E-state index in [2.05, 4.69) is 10.3 Å².